The fourth-order valence-corrected chi connectivity index (χ4v) is 3.28. The summed E-state index contributed by atoms with van der Waals surface area (Å²) in [7, 11) is 0. The first kappa shape index (κ1) is 18.9. The number of fused-ring (bicyclic) bond motifs is 1. The third-order valence-electron chi connectivity index (χ3n) is 4.67. The van der Waals surface area contributed by atoms with Crippen LogP contribution < -0.4 is 14.8 Å². The topological polar surface area (TPSA) is 91.2 Å². The number of amides is 1. The Balaban J connectivity index is 1.35. The number of tetrazole rings is 1. The number of ether oxygens (including phenoxy) is 2. The van der Waals surface area contributed by atoms with E-state index in [9.17, 15) is 4.79 Å². The molecule has 3 aromatic rings. The van der Waals surface area contributed by atoms with Crippen molar-refractivity contribution in [3.05, 3.63) is 59.4 Å². The second kappa shape index (κ2) is 7.54. The van der Waals surface area contributed by atoms with Crippen molar-refractivity contribution in [1.82, 2.24) is 25.5 Å². The van der Waals surface area contributed by atoms with Crippen molar-refractivity contribution in [3.8, 4) is 17.2 Å². The highest BCUT2D eigenvalue weighted by Crippen LogP contribution is 2.41. The standard InChI is InChI=1S/C21H23N5O3/c1-14-7-9-16(10-8-14)26-18(23-24-25-26)12-22-19(27)13-28-17-6-4-5-15-11-21(2,3)29-20(15)17/h4-10H,11-13H2,1-3H3,(H,22,27). The van der Waals surface area contributed by atoms with Crippen LogP contribution in [0.5, 0.6) is 11.5 Å². The average Bonchev–Trinajstić information content (AvgIpc) is 3.28. The van der Waals surface area contributed by atoms with Gasteiger partial charge in [-0.3, -0.25) is 4.79 Å². The maximum absolute atomic E-state index is 12.3. The lowest BCUT2D eigenvalue weighted by atomic mass is 10.0. The van der Waals surface area contributed by atoms with E-state index in [2.05, 4.69) is 20.8 Å². The molecular weight excluding hydrogens is 370 g/mol. The first-order valence-corrected chi connectivity index (χ1v) is 9.46. The third kappa shape index (κ3) is 4.21. The summed E-state index contributed by atoms with van der Waals surface area (Å²) in [6.45, 7) is 6.15. The minimum Gasteiger partial charge on any atom is -0.483 e. The molecule has 8 nitrogen and oxygen atoms in total. The second-order valence-electron chi connectivity index (χ2n) is 7.69. The number of carbonyl (C=O) groups excluding carboxylic acids is 1. The minimum absolute atomic E-state index is 0.119. The molecule has 2 aromatic carbocycles. The molecule has 150 valence electrons. The Morgan fingerprint density at radius 1 is 1.24 bits per heavy atom. The van der Waals surface area contributed by atoms with Crippen LogP contribution in [0.4, 0.5) is 0 Å². The van der Waals surface area contributed by atoms with E-state index in [0.717, 1.165) is 23.2 Å². The highest BCUT2D eigenvalue weighted by molar-refractivity contribution is 5.77. The zero-order valence-corrected chi connectivity index (χ0v) is 16.7. The number of aryl methyl sites for hydroxylation is 1. The first-order valence-electron chi connectivity index (χ1n) is 9.46. The van der Waals surface area contributed by atoms with Crippen LogP contribution in [-0.4, -0.2) is 38.3 Å². The summed E-state index contributed by atoms with van der Waals surface area (Å²) in [6.07, 6.45) is 0.813. The van der Waals surface area contributed by atoms with Gasteiger partial charge in [-0.25, -0.2) is 0 Å². The molecule has 0 aliphatic carbocycles. The number of rotatable bonds is 6. The largest absolute Gasteiger partial charge is 0.483 e. The van der Waals surface area contributed by atoms with Gasteiger partial charge in [0.1, 0.15) is 5.60 Å². The van der Waals surface area contributed by atoms with Crippen LogP contribution >= 0.6 is 0 Å². The van der Waals surface area contributed by atoms with E-state index in [4.69, 9.17) is 9.47 Å². The molecule has 0 bridgehead atoms. The van der Waals surface area contributed by atoms with E-state index in [1.165, 1.54) is 0 Å². The van der Waals surface area contributed by atoms with Crippen molar-refractivity contribution in [1.29, 1.82) is 0 Å². The lowest BCUT2D eigenvalue weighted by molar-refractivity contribution is -0.123. The van der Waals surface area contributed by atoms with Gasteiger partial charge in [0.05, 0.1) is 12.2 Å². The second-order valence-corrected chi connectivity index (χ2v) is 7.69. The maximum atomic E-state index is 12.3. The SMILES string of the molecule is Cc1ccc(-n2nnnc2CNC(=O)COc2cccc3c2OC(C)(C)C3)cc1. The molecule has 0 fully saturated rings. The van der Waals surface area contributed by atoms with E-state index in [1.54, 1.807) is 4.68 Å². The Labute approximate surface area is 168 Å². The van der Waals surface area contributed by atoms with Crippen molar-refractivity contribution in [2.75, 3.05) is 6.61 Å². The summed E-state index contributed by atoms with van der Waals surface area (Å²) >= 11 is 0. The fraction of sp³-hybridized carbons (Fsp3) is 0.333. The van der Waals surface area contributed by atoms with Gasteiger partial charge in [0.2, 0.25) is 0 Å². The van der Waals surface area contributed by atoms with Crippen molar-refractivity contribution < 1.29 is 14.3 Å². The van der Waals surface area contributed by atoms with Gasteiger partial charge in [-0.2, -0.15) is 4.68 Å². The van der Waals surface area contributed by atoms with Crippen LogP contribution in [0.1, 0.15) is 30.8 Å². The molecule has 0 spiro atoms. The molecule has 0 saturated carbocycles. The number of aromatic nitrogens is 4. The average molecular weight is 393 g/mol. The predicted molar refractivity (Wildman–Crippen MR) is 106 cm³/mol. The van der Waals surface area contributed by atoms with Gasteiger partial charge in [0.25, 0.3) is 5.91 Å². The fourth-order valence-electron chi connectivity index (χ4n) is 3.28. The van der Waals surface area contributed by atoms with Gasteiger partial charge in [-0.1, -0.05) is 29.8 Å². The van der Waals surface area contributed by atoms with E-state index < -0.39 is 0 Å². The van der Waals surface area contributed by atoms with Crippen LogP contribution in [0.15, 0.2) is 42.5 Å². The zero-order valence-electron chi connectivity index (χ0n) is 16.7. The molecule has 1 aliphatic heterocycles. The zero-order chi connectivity index (χ0) is 20.4. The molecule has 8 heteroatoms. The monoisotopic (exact) mass is 393 g/mol. The number of para-hydroxylation sites is 1. The molecule has 0 atom stereocenters. The number of hydrogen-bond donors (Lipinski definition) is 1. The lowest BCUT2D eigenvalue weighted by Crippen LogP contribution is -2.29. The Morgan fingerprint density at radius 3 is 2.83 bits per heavy atom. The van der Waals surface area contributed by atoms with E-state index in [1.807, 2.05) is 63.2 Å². The van der Waals surface area contributed by atoms with Crippen LogP contribution in [0, 0.1) is 6.92 Å². The molecule has 0 unspecified atom stereocenters. The number of benzene rings is 2. The highest BCUT2D eigenvalue weighted by atomic mass is 16.5. The molecule has 1 aromatic heterocycles. The van der Waals surface area contributed by atoms with Crippen molar-refractivity contribution in [2.45, 2.75) is 39.3 Å². The van der Waals surface area contributed by atoms with Gasteiger partial charge in [-0.15, -0.1) is 5.10 Å². The van der Waals surface area contributed by atoms with Crippen LogP contribution in [0.2, 0.25) is 0 Å². The van der Waals surface area contributed by atoms with Gasteiger partial charge < -0.3 is 14.8 Å². The first-order chi connectivity index (χ1) is 13.9. The van der Waals surface area contributed by atoms with Gasteiger partial charge in [-0.05, 0) is 49.4 Å². The van der Waals surface area contributed by atoms with Crippen molar-refractivity contribution in [2.24, 2.45) is 0 Å². The van der Waals surface area contributed by atoms with Crippen LogP contribution in [0.3, 0.4) is 0 Å². The molecule has 0 saturated heterocycles. The number of nitrogens with zero attached hydrogens (tertiary/aromatic N) is 4. The molecule has 1 aliphatic rings. The number of hydrogen-bond acceptors (Lipinski definition) is 6. The predicted octanol–water partition coefficient (Wildman–Crippen LogP) is 2.38. The molecule has 4 rings (SSSR count). The Kier molecular flexibility index (Phi) is 4.92. The van der Waals surface area contributed by atoms with Gasteiger partial charge >= 0.3 is 0 Å². The Hall–Kier alpha value is -3.42. The summed E-state index contributed by atoms with van der Waals surface area (Å²) in [6, 6.07) is 13.6. The smallest absolute Gasteiger partial charge is 0.258 e. The van der Waals surface area contributed by atoms with E-state index in [0.29, 0.717) is 17.3 Å². The maximum Gasteiger partial charge on any atom is 0.258 e. The lowest BCUT2D eigenvalue weighted by Gasteiger charge is -2.18. The van der Waals surface area contributed by atoms with Crippen LogP contribution in [0.25, 0.3) is 5.69 Å². The molecule has 2 heterocycles. The van der Waals surface area contributed by atoms with Gasteiger partial charge in [0.15, 0.2) is 23.9 Å². The number of carbonyl (C=O) groups is 1. The molecule has 1 amide bonds. The number of nitrogens with one attached hydrogen (secondary N) is 1. The third-order valence-corrected chi connectivity index (χ3v) is 4.67. The summed E-state index contributed by atoms with van der Waals surface area (Å²) < 4.78 is 13.3. The van der Waals surface area contributed by atoms with E-state index >= 15 is 0 Å². The quantitative estimate of drug-likeness (QED) is 0.691. The molecule has 0 radical (unpaired) electrons. The molecular formula is C21H23N5O3. The normalized spacial score (nSPS) is 14.2. The summed E-state index contributed by atoms with van der Waals surface area (Å²) in [5.41, 5.74) is 2.80. The van der Waals surface area contributed by atoms with Crippen LogP contribution in [-0.2, 0) is 17.8 Å². The van der Waals surface area contributed by atoms with Crippen molar-refractivity contribution in [3.63, 3.8) is 0 Å². The highest BCUT2D eigenvalue weighted by Gasteiger charge is 2.32. The molecule has 1 N–H and O–H groups in total. The van der Waals surface area contributed by atoms with E-state index in [-0.39, 0.29) is 24.7 Å². The van der Waals surface area contributed by atoms with Gasteiger partial charge in [0, 0.05) is 12.0 Å². The summed E-state index contributed by atoms with van der Waals surface area (Å²) in [5, 5.41) is 14.5. The Morgan fingerprint density at radius 2 is 2.03 bits per heavy atom. The summed E-state index contributed by atoms with van der Waals surface area (Å²) in [5.74, 6) is 1.56. The van der Waals surface area contributed by atoms with Crippen molar-refractivity contribution >= 4 is 5.91 Å². The Bertz CT molecular complexity index is 1030. The minimum atomic E-state index is -0.267. The molecule has 29 heavy (non-hydrogen) atoms. The summed E-state index contributed by atoms with van der Waals surface area (Å²) in [4.78, 5) is 12.3.